The average Bonchev–Trinajstić information content (AvgIpc) is 3.19. The maximum atomic E-state index is 12.9. The van der Waals surface area contributed by atoms with Crippen molar-refractivity contribution < 1.29 is 27.5 Å². The number of carbonyl (C=O) groups excluding carboxylic acids is 2. The fourth-order valence-corrected chi connectivity index (χ4v) is 4.97. The minimum atomic E-state index is -4.52. The molecule has 4 aromatic rings. The number of hydrogen-bond donors (Lipinski definition) is 3. The van der Waals surface area contributed by atoms with Gasteiger partial charge in [-0.15, -0.1) is 11.3 Å². The molecule has 0 unspecified atom stereocenters. The third kappa shape index (κ3) is 6.19. The molecule has 1 aromatic heterocycles. The number of halogens is 4. The van der Waals surface area contributed by atoms with Crippen molar-refractivity contribution in [2.24, 2.45) is 0 Å². The van der Waals surface area contributed by atoms with Crippen molar-refractivity contribution in [3.8, 4) is 5.75 Å². The number of anilines is 2. The molecule has 0 radical (unpaired) electrons. The molecule has 3 aromatic carbocycles. The number of hydrogen-bond acceptors (Lipinski definition) is 5. The SMILES string of the molecule is COc1ccc2c(Cl)c(C(=O)NC(=S)Nc3ccc(C(=O)Nc4cccc(C(F)(F)F)c4)cc3)sc2c1. The van der Waals surface area contributed by atoms with Gasteiger partial charge in [0.1, 0.15) is 10.6 Å². The van der Waals surface area contributed by atoms with Crippen LogP contribution in [0.25, 0.3) is 10.1 Å². The molecule has 0 aliphatic heterocycles. The molecule has 0 atom stereocenters. The standard InChI is InChI=1S/C25H17ClF3N3O3S2/c1-35-17-9-10-18-19(12-17)37-21(20(18)26)23(34)32-24(36)31-15-7-5-13(6-8-15)22(33)30-16-4-2-3-14(11-16)25(27,28)29/h2-12H,1H3,(H,30,33)(H2,31,32,34,36). The van der Waals surface area contributed by atoms with Crippen LogP contribution in [0.2, 0.25) is 5.02 Å². The minimum Gasteiger partial charge on any atom is -0.497 e. The summed E-state index contributed by atoms with van der Waals surface area (Å²) in [7, 11) is 1.55. The molecular formula is C25H17ClF3N3O3S2. The van der Waals surface area contributed by atoms with E-state index in [1.54, 1.807) is 25.3 Å². The van der Waals surface area contributed by atoms with E-state index in [9.17, 15) is 22.8 Å². The Kier molecular flexibility index (Phi) is 7.67. The molecule has 0 saturated carbocycles. The van der Waals surface area contributed by atoms with Crippen molar-refractivity contribution in [3.63, 3.8) is 0 Å². The molecule has 37 heavy (non-hydrogen) atoms. The highest BCUT2D eigenvalue weighted by Crippen LogP contribution is 2.37. The number of rotatable bonds is 5. The summed E-state index contributed by atoms with van der Waals surface area (Å²) in [5.74, 6) is -0.431. The Morgan fingerprint density at radius 1 is 0.946 bits per heavy atom. The zero-order valence-corrected chi connectivity index (χ0v) is 21.3. The van der Waals surface area contributed by atoms with Crippen LogP contribution in [0, 0.1) is 0 Å². The number of fused-ring (bicyclic) bond motifs is 1. The number of nitrogens with one attached hydrogen (secondary N) is 3. The summed E-state index contributed by atoms with van der Waals surface area (Å²) in [6, 6.07) is 15.7. The zero-order valence-electron chi connectivity index (χ0n) is 18.9. The van der Waals surface area contributed by atoms with Crippen LogP contribution in [0.1, 0.15) is 25.6 Å². The summed E-state index contributed by atoms with van der Waals surface area (Å²) in [6.07, 6.45) is -4.52. The number of ether oxygens (including phenoxy) is 1. The second kappa shape index (κ2) is 10.8. The average molecular weight is 564 g/mol. The smallest absolute Gasteiger partial charge is 0.416 e. The van der Waals surface area contributed by atoms with E-state index >= 15 is 0 Å². The number of amides is 2. The molecule has 0 bridgehead atoms. The first-order chi connectivity index (χ1) is 17.5. The van der Waals surface area contributed by atoms with Gasteiger partial charge in [0.25, 0.3) is 11.8 Å². The van der Waals surface area contributed by atoms with Crippen molar-refractivity contribution in [1.29, 1.82) is 0 Å². The Morgan fingerprint density at radius 2 is 1.68 bits per heavy atom. The predicted molar refractivity (Wildman–Crippen MR) is 143 cm³/mol. The maximum absolute atomic E-state index is 12.9. The van der Waals surface area contributed by atoms with E-state index in [1.165, 1.54) is 47.7 Å². The number of thiocarbonyl (C=S) groups is 1. The molecule has 0 aliphatic carbocycles. The fourth-order valence-electron chi connectivity index (χ4n) is 3.32. The van der Waals surface area contributed by atoms with E-state index in [0.717, 1.165) is 22.2 Å². The van der Waals surface area contributed by atoms with E-state index in [0.29, 0.717) is 16.5 Å². The zero-order chi connectivity index (χ0) is 26.7. The molecule has 0 spiro atoms. The van der Waals surface area contributed by atoms with Crippen LogP contribution in [0.4, 0.5) is 24.5 Å². The normalized spacial score (nSPS) is 11.2. The predicted octanol–water partition coefficient (Wildman–Crippen LogP) is 6.96. The van der Waals surface area contributed by atoms with Crippen LogP contribution in [0.5, 0.6) is 5.75 Å². The highest BCUT2D eigenvalue weighted by molar-refractivity contribution is 7.80. The maximum Gasteiger partial charge on any atom is 0.416 e. The Hall–Kier alpha value is -3.67. The Bertz CT molecular complexity index is 1500. The van der Waals surface area contributed by atoms with Crippen LogP contribution in [-0.4, -0.2) is 24.0 Å². The second-order valence-corrected chi connectivity index (χ2v) is 9.46. The fraction of sp³-hybridized carbons (Fsp3) is 0.0800. The van der Waals surface area contributed by atoms with Crippen molar-refractivity contribution in [3.05, 3.63) is 87.8 Å². The third-order valence-corrected chi connectivity index (χ3v) is 6.98. The lowest BCUT2D eigenvalue weighted by Crippen LogP contribution is -2.33. The first-order valence-corrected chi connectivity index (χ1v) is 12.1. The number of alkyl halides is 3. The van der Waals surface area contributed by atoms with Gasteiger partial charge in [0.05, 0.1) is 17.7 Å². The van der Waals surface area contributed by atoms with Crippen LogP contribution < -0.4 is 20.7 Å². The molecule has 12 heteroatoms. The van der Waals surface area contributed by atoms with Gasteiger partial charge in [-0.3, -0.25) is 14.9 Å². The lowest BCUT2D eigenvalue weighted by molar-refractivity contribution is -0.137. The molecule has 0 saturated heterocycles. The Morgan fingerprint density at radius 3 is 2.35 bits per heavy atom. The molecule has 1 heterocycles. The molecule has 6 nitrogen and oxygen atoms in total. The lowest BCUT2D eigenvalue weighted by Gasteiger charge is -2.11. The Labute approximate surface area is 223 Å². The van der Waals surface area contributed by atoms with E-state index < -0.39 is 23.6 Å². The van der Waals surface area contributed by atoms with Gasteiger partial charge < -0.3 is 15.4 Å². The van der Waals surface area contributed by atoms with E-state index in [-0.39, 0.29) is 21.2 Å². The summed E-state index contributed by atoms with van der Waals surface area (Å²) < 4.78 is 44.6. The van der Waals surface area contributed by atoms with Gasteiger partial charge in [0.2, 0.25) is 0 Å². The number of benzene rings is 3. The molecule has 0 fully saturated rings. The summed E-state index contributed by atoms with van der Waals surface area (Å²) in [5, 5.41) is 8.88. The quantitative estimate of drug-likeness (QED) is 0.229. The molecule has 4 rings (SSSR count). The first kappa shape index (κ1) is 26.4. The van der Waals surface area contributed by atoms with Crippen LogP contribution >= 0.6 is 35.2 Å². The first-order valence-electron chi connectivity index (χ1n) is 10.5. The number of carbonyl (C=O) groups is 2. The van der Waals surface area contributed by atoms with Gasteiger partial charge in [-0.2, -0.15) is 13.2 Å². The number of thiophene rings is 1. The molecule has 2 amide bonds. The summed E-state index contributed by atoms with van der Waals surface area (Å²) in [5.41, 5.74) is -0.153. The summed E-state index contributed by atoms with van der Waals surface area (Å²) in [4.78, 5) is 25.5. The van der Waals surface area contributed by atoms with Crippen LogP contribution in [0.15, 0.2) is 66.7 Å². The third-order valence-electron chi connectivity index (χ3n) is 5.12. The van der Waals surface area contributed by atoms with Crippen LogP contribution in [0.3, 0.4) is 0 Å². The largest absolute Gasteiger partial charge is 0.497 e. The molecular weight excluding hydrogens is 547 g/mol. The topological polar surface area (TPSA) is 79.5 Å². The molecule has 0 aliphatic rings. The van der Waals surface area contributed by atoms with Gasteiger partial charge >= 0.3 is 6.18 Å². The van der Waals surface area contributed by atoms with Gasteiger partial charge in [-0.25, -0.2) is 0 Å². The van der Waals surface area contributed by atoms with Gasteiger partial charge in [-0.05, 0) is 72.9 Å². The van der Waals surface area contributed by atoms with Crippen molar-refractivity contribution in [2.75, 3.05) is 17.7 Å². The van der Waals surface area contributed by atoms with Gasteiger partial charge in [0, 0.05) is 27.0 Å². The molecule has 3 N–H and O–H groups in total. The molecule has 190 valence electrons. The summed E-state index contributed by atoms with van der Waals surface area (Å²) in [6.45, 7) is 0. The van der Waals surface area contributed by atoms with Gasteiger partial charge in [-0.1, -0.05) is 17.7 Å². The second-order valence-electron chi connectivity index (χ2n) is 7.63. The monoisotopic (exact) mass is 563 g/mol. The highest BCUT2D eigenvalue weighted by Gasteiger charge is 2.30. The minimum absolute atomic E-state index is 0.0114. The van der Waals surface area contributed by atoms with E-state index in [1.807, 2.05) is 0 Å². The number of methoxy groups -OCH3 is 1. The van der Waals surface area contributed by atoms with Crippen molar-refractivity contribution in [2.45, 2.75) is 6.18 Å². The van der Waals surface area contributed by atoms with E-state index in [2.05, 4.69) is 16.0 Å². The van der Waals surface area contributed by atoms with Crippen LogP contribution in [-0.2, 0) is 6.18 Å². The van der Waals surface area contributed by atoms with Gasteiger partial charge in [0.15, 0.2) is 5.11 Å². The Balaban J connectivity index is 1.38. The van der Waals surface area contributed by atoms with Crippen molar-refractivity contribution >= 4 is 73.5 Å². The lowest BCUT2D eigenvalue weighted by atomic mass is 10.1. The van der Waals surface area contributed by atoms with E-state index in [4.69, 9.17) is 28.6 Å². The highest BCUT2D eigenvalue weighted by atomic mass is 35.5. The van der Waals surface area contributed by atoms with Crippen molar-refractivity contribution in [1.82, 2.24) is 5.32 Å². The summed E-state index contributed by atoms with van der Waals surface area (Å²) >= 11 is 12.8.